The molecule has 0 bridgehead atoms. The molecule has 0 aromatic heterocycles. The van der Waals surface area contributed by atoms with Crippen LogP contribution in [0, 0.1) is 0 Å². The van der Waals surface area contributed by atoms with Crippen LogP contribution in [0.3, 0.4) is 0 Å². The molecular formula is C18H17ClN2O2. The number of benzene rings is 2. The number of hydrogen-bond donors (Lipinski definition) is 1. The fourth-order valence-electron chi connectivity index (χ4n) is 1.77. The Morgan fingerprint density at radius 3 is 2.57 bits per heavy atom. The van der Waals surface area contributed by atoms with E-state index in [9.17, 15) is 4.79 Å². The van der Waals surface area contributed by atoms with Gasteiger partial charge in [-0.15, -0.1) is 0 Å². The molecule has 0 aliphatic carbocycles. The van der Waals surface area contributed by atoms with E-state index in [-0.39, 0.29) is 12.5 Å². The topological polar surface area (TPSA) is 50.7 Å². The smallest absolute Gasteiger partial charge is 0.277 e. The van der Waals surface area contributed by atoms with E-state index in [0.29, 0.717) is 10.8 Å². The highest BCUT2D eigenvalue weighted by Crippen LogP contribution is 2.15. The van der Waals surface area contributed by atoms with Crippen LogP contribution in [0.5, 0.6) is 5.75 Å². The lowest BCUT2D eigenvalue weighted by molar-refractivity contribution is -0.123. The zero-order valence-corrected chi connectivity index (χ0v) is 13.5. The molecule has 0 aliphatic heterocycles. The van der Waals surface area contributed by atoms with Crippen LogP contribution < -0.4 is 10.2 Å². The Balaban J connectivity index is 1.77. The second-order valence-electron chi connectivity index (χ2n) is 4.83. The molecule has 5 heteroatoms. The quantitative estimate of drug-likeness (QED) is 0.645. The molecule has 0 saturated heterocycles. The number of nitrogens with one attached hydrogen (secondary N) is 1. The average Bonchev–Trinajstić information content (AvgIpc) is 2.55. The normalized spacial score (nSPS) is 11.5. The van der Waals surface area contributed by atoms with Crippen molar-refractivity contribution in [2.24, 2.45) is 5.10 Å². The molecule has 0 heterocycles. The first-order valence-corrected chi connectivity index (χ1v) is 7.45. The molecule has 23 heavy (non-hydrogen) atoms. The maximum absolute atomic E-state index is 11.6. The first-order valence-electron chi connectivity index (χ1n) is 7.07. The van der Waals surface area contributed by atoms with Gasteiger partial charge in [-0.3, -0.25) is 4.79 Å². The van der Waals surface area contributed by atoms with Crippen LogP contribution in [-0.4, -0.2) is 18.7 Å². The second-order valence-corrected chi connectivity index (χ2v) is 5.27. The number of carbonyl (C=O) groups excluding carboxylic acids is 1. The number of amides is 1. The minimum Gasteiger partial charge on any atom is -0.484 e. The molecule has 2 aromatic rings. The van der Waals surface area contributed by atoms with Gasteiger partial charge in [-0.25, -0.2) is 5.43 Å². The van der Waals surface area contributed by atoms with Crippen LogP contribution in [0.4, 0.5) is 0 Å². The molecule has 118 valence electrons. The molecular weight excluding hydrogens is 312 g/mol. The lowest BCUT2D eigenvalue weighted by atomic mass is 10.1. The fourth-order valence-corrected chi connectivity index (χ4v) is 1.89. The third-order valence-corrected chi connectivity index (χ3v) is 3.09. The minimum absolute atomic E-state index is 0.111. The van der Waals surface area contributed by atoms with Crippen molar-refractivity contribution < 1.29 is 9.53 Å². The predicted octanol–water partition coefficient (Wildman–Crippen LogP) is 3.92. The van der Waals surface area contributed by atoms with E-state index >= 15 is 0 Å². The van der Waals surface area contributed by atoms with Gasteiger partial charge in [0.15, 0.2) is 6.61 Å². The largest absolute Gasteiger partial charge is 0.484 e. The molecule has 1 N–H and O–H groups in total. The Morgan fingerprint density at radius 2 is 1.87 bits per heavy atom. The molecule has 0 fully saturated rings. The molecule has 2 rings (SSSR count). The van der Waals surface area contributed by atoms with Gasteiger partial charge >= 0.3 is 0 Å². The Kier molecular flexibility index (Phi) is 6.39. The van der Waals surface area contributed by atoms with Crippen LogP contribution >= 0.6 is 11.6 Å². The number of allylic oxidation sites excluding steroid dienone is 1. The summed E-state index contributed by atoms with van der Waals surface area (Å²) in [5, 5.41) is 4.52. The summed E-state index contributed by atoms with van der Waals surface area (Å²) in [5.74, 6) is 0.248. The van der Waals surface area contributed by atoms with Crippen molar-refractivity contribution in [3.63, 3.8) is 0 Å². The van der Waals surface area contributed by atoms with Crippen LogP contribution in [-0.2, 0) is 4.79 Å². The van der Waals surface area contributed by atoms with Crippen molar-refractivity contribution >= 4 is 29.8 Å². The molecule has 2 aromatic carbocycles. The Hall–Kier alpha value is -2.59. The highest BCUT2D eigenvalue weighted by molar-refractivity contribution is 6.30. The zero-order chi connectivity index (χ0) is 16.5. The van der Waals surface area contributed by atoms with Crippen LogP contribution in [0.25, 0.3) is 6.08 Å². The standard InChI is InChI=1S/C18H17ClN2O2/c1-14(11-15-5-3-2-4-6-15)12-20-21-18(22)13-23-17-9-7-16(19)8-10-17/h2-12H,13H2,1H3,(H,21,22)/b14-11+,20-12+. The summed E-state index contributed by atoms with van der Waals surface area (Å²) >= 11 is 5.77. The monoisotopic (exact) mass is 328 g/mol. The van der Waals surface area contributed by atoms with E-state index in [1.165, 1.54) is 0 Å². The number of carbonyl (C=O) groups is 1. The maximum atomic E-state index is 11.6. The van der Waals surface area contributed by atoms with Crippen molar-refractivity contribution in [3.8, 4) is 5.75 Å². The fraction of sp³-hybridized carbons (Fsp3) is 0.111. The Labute approximate surface area is 140 Å². The molecule has 0 unspecified atom stereocenters. The summed E-state index contributed by atoms with van der Waals surface area (Å²) in [6.45, 7) is 1.80. The van der Waals surface area contributed by atoms with E-state index in [4.69, 9.17) is 16.3 Å². The molecule has 0 radical (unpaired) electrons. The zero-order valence-electron chi connectivity index (χ0n) is 12.7. The predicted molar refractivity (Wildman–Crippen MR) is 93.7 cm³/mol. The minimum atomic E-state index is -0.330. The van der Waals surface area contributed by atoms with Crippen LogP contribution in [0.2, 0.25) is 5.02 Å². The van der Waals surface area contributed by atoms with Crippen LogP contribution in [0.1, 0.15) is 12.5 Å². The molecule has 4 nitrogen and oxygen atoms in total. The molecule has 0 aliphatic rings. The number of ether oxygens (including phenoxy) is 1. The SMILES string of the molecule is CC(/C=N/NC(=O)COc1ccc(Cl)cc1)=C\c1ccccc1. The lowest BCUT2D eigenvalue weighted by Gasteiger charge is -2.04. The van der Waals surface area contributed by atoms with Gasteiger partial charge in [-0.05, 0) is 42.3 Å². The molecule has 0 atom stereocenters. The van der Waals surface area contributed by atoms with E-state index < -0.39 is 0 Å². The number of halogens is 1. The van der Waals surface area contributed by atoms with E-state index in [2.05, 4.69) is 10.5 Å². The summed E-state index contributed by atoms with van der Waals surface area (Å²) in [5.41, 5.74) is 4.42. The van der Waals surface area contributed by atoms with E-state index in [1.54, 1.807) is 30.5 Å². The third-order valence-electron chi connectivity index (χ3n) is 2.83. The van der Waals surface area contributed by atoms with Crippen molar-refractivity contribution in [1.29, 1.82) is 0 Å². The molecule has 1 amide bonds. The van der Waals surface area contributed by atoms with Gasteiger partial charge in [0, 0.05) is 5.02 Å². The number of rotatable bonds is 6. The van der Waals surface area contributed by atoms with Crippen molar-refractivity contribution in [2.45, 2.75) is 6.92 Å². The van der Waals surface area contributed by atoms with E-state index in [1.807, 2.05) is 43.3 Å². The summed E-state index contributed by atoms with van der Waals surface area (Å²) in [4.78, 5) is 11.6. The van der Waals surface area contributed by atoms with E-state index in [0.717, 1.165) is 11.1 Å². The number of hydrogen-bond acceptors (Lipinski definition) is 3. The summed E-state index contributed by atoms with van der Waals surface area (Å²) in [6, 6.07) is 16.7. The summed E-state index contributed by atoms with van der Waals surface area (Å²) < 4.78 is 5.32. The Bertz CT molecular complexity index is 695. The van der Waals surface area contributed by atoms with Crippen molar-refractivity contribution in [1.82, 2.24) is 5.43 Å². The average molecular weight is 329 g/mol. The van der Waals surface area contributed by atoms with Gasteiger partial charge in [0.25, 0.3) is 5.91 Å². The highest BCUT2D eigenvalue weighted by Gasteiger charge is 2.01. The van der Waals surface area contributed by atoms with Crippen LogP contribution in [0.15, 0.2) is 65.3 Å². The van der Waals surface area contributed by atoms with Gasteiger partial charge in [0.05, 0.1) is 6.21 Å². The van der Waals surface area contributed by atoms with Gasteiger partial charge in [0.2, 0.25) is 0 Å². The number of hydrazone groups is 1. The summed E-state index contributed by atoms with van der Waals surface area (Å²) in [7, 11) is 0. The molecule has 0 spiro atoms. The first-order chi connectivity index (χ1) is 11.1. The van der Waals surface area contributed by atoms with Gasteiger partial charge in [0.1, 0.15) is 5.75 Å². The number of nitrogens with zero attached hydrogens (tertiary/aromatic N) is 1. The third kappa shape index (κ3) is 6.36. The molecule has 0 saturated carbocycles. The second kappa shape index (κ2) is 8.76. The van der Waals surface area contributed by atoms with Crippen molar-refractivity contribution in [3.05, 3.63) is 70.8 Å². The summed E-state index contributed by atoms with van der Waals surface area (Å²) in [6.07, 6.45) is 3.56. The maximum Gasteiger partial charge on any atom is 0.277 e. The highest BCUT2D eigenvalue weighted by atomic mass is 35.5. The van der Waals surface area contributed by atoms with Gasteiger partial charge in [-0.2, -0.15) is 5.10 Å². The lowest BCUT2D eigenvalue weighted by Crippen LogP contribution is -2.24. The first kappa shape index (κ1) is 16.8. The van der Waals surface area contributed by atoms with Gasteiger partial charge in [-0.1, -0.05) is 48.0 Å². The van der Waals surface area contributed by atoms with Crippen molar-refractivity contribution in [2.75, 3.05) is 6.61 Å². The Morgan fingerprint density at radius 1 is 1.17 bits per heavy atom. The van der Waals surface area contributed by atoms with Gasteiger partial charge < -0.3 is 4.74 Å².